The van der Waals surface area contributed by atoms with Crippen LogP contribution in [0.25, 0.3) is 5.57 Å². The van der Waals surface area contributed by atoms with Gasteiger partial charge in [-0.2, -0.15) is 0 Å². The first-order valence-electron chi connectivity index (χ1n) is 7.24. The summed E-state index contributed by atoms with van der Waals surface area (Å²) in [6.07, 6.45) is 1.56. The molecule has 7 nitrogen and oxygen atoms in total. The summed E-state index contributed by atoms with van der Waals surface area (Å²) in [5.74, 6) is -0.188. The summed E-state index contributed by atoms with van der Waals surface area (Å²) in [6, 6.07) is 9.62. The van der Waals surface area contributed by atoms with Crippen LogP contribution in [-0.4, -0.2) is 21.0 Å². The van der Waals surface area contributed by atoms with Gasteiger partial charge < -0.3 is 9.84 Å². The summed E-state index contributed by atoms with van der Waals surface area (Å²) in [4.78, 5) is 25.1. The second-order valence-electron chi connectivity index (χ2n) is 5.00. The van der Waals surface area contributed by atoms with Crippen LogP contribution >= 0.6 is 0 Å². The van der Waals surface area contributed by atoms with E-state index in [1.807, 2.05) is 0 Å². The van der Waals surface area contributed by atoms with Crippen molar-refractivity contribution in [2.24, 2.45) is 0 Å². The number of aliphatic carboxylic acids is 1. The third kappa shape index (κ3) is 3.95. The largest absolute Gasteiger partial charge is 0.478 e. The highest BCUT2D eigenvalue weighted by atomic mass is 16.6. The molecule has 0 spiro atoms. The number of rotatable bonds is 6. The van der Waals surface area contributed by atoms with Crippen molar-refractivity contribution in [3.8, 4) is 11.6 Å². The molecule has 2 aromatic rings. The fourth-order valence-corrected chi connectivity index (χ4v) is 2.19. The zero-order chi connectivity index (χ0) is 17.7. The molecule has 1 aromatic carbocycles. The molecule has 0 radical (unpaired) electrons. The summed E-state index contributed by atoms with van der Waals surface area (Å²) in [6.45, 7) is 3.56. The molecule has 7 heteroatoms. The van der Waals surface area contributed by atoms with Gasteiger partial charge in [0.05, 0.1) is 4.92 Å². The highest BCUT2D eigenvalue weighted by molar-refractivity contribution is 5.95. The molecular weight excluding hydrogens is 312 g/mol. The number of carboxylic acid groups (broad SMARTS) is 1. The minimum atomic E-state index is -0.926. The zero-order valence-corrected chi connectivity index (χ0v) is 13.2. The Labute approximate surface area is 138 Å². The van der Waals surface area contributed by atoms with Crippen LogP contribution in [0.3, 0.4) is 0 Å². The van der Waals surface area contributed by atoms with Crippen molar-refractivity contribution in [1.82, 2.24) is 4.98 Å². The number of ether oxygens (including phenoxy) is 1. The van der Waals surface area contributed by atoms with E-state index in [4.69, 9.17) is 4.74 Å². The number of hydrogen-bond donors (Lipinski definition) is 1. The van der Waals surface area contributed by atoms with E-state index in [0.717, 1.165) is 11.8 Å². The van der Waals surface area contributed by atoms with Gasteiger partial charge in [-0.05, 0) is 36.6 Å². The molecule has 24 heavy (non-hydrogen) atoms. The second kappa shape index (κ2) is 7.36. The fraction of sp³-hybridized carbons (Fsp3) is 0.176. The molecule has 124 valence electrons. The number of allylic oxidation sites excluding steroid dienone is 1. The molecule has 1 heterocycles. The van der Waals surface area contributed by atoms with Crippen LogP contribution in [0.1, 0.15) is 25.8 Å². The Morgan fingerprint density at radius 3 is 2.38 bits per heavy atom. The van der Waals surface area contributed by atoms with E-state index in [9.17, 15) is 20.0 Å². The van der Waals surface area contributed by atoms with Crippen LogP contribution in [0.15, 0.2) is 48.2 Å². The minimum absolute atomic E-state index is 0.112. The molecule has 0 aliphatic rings. The van der Waals surface area contributed by atoms with Crippen LogP contribution in [0.4, 0.5) is 5.69 Å². The third-order valence-electron chi connectivity index (χ3n) is 3.51. The second-order valence-corrected chi connectivity index (χ2v) is 5.00. The Hall–Kier alpha value is -3.22. The summed E-state index contributed by atoms with van der Waals surface area (Å²) in [7, 11) is 0. The molecule has 0 atom stereocenters. The highest BCUT2D eigenvalue weighted by Gasteiger charge is 2.11. The molecule has 1 aromatic heterocycles. The predicted octanol–water partition coefficient (Wildman–Crippen LogP) is 4.05. The van der Waals surface area contributed by atoms with Gasteiger partial charge in [0, 0.05) is 17.7 Å². The number of carboxylic acids is 1. The molecule has 2 rings (SSSR count). The quantitative estimate of drug-likeness (QED) is 0.487. The topological polar surface area (TPSA) is 103 Å². The number of benzene rings is 1. The number of aromatic nitrogens is 1. The SMILES string of the molecule is CCC(C(=O)O)=C(C)c1ccc(Oc2ccc([N+](=O)[O-])cn2)cc1. The van der Waals surface area contributed by atoms with Gasteiger partial charge in [-0.3, -0.25) is 10.1 Å². The lowest BCUT2D eigenvalue weighted by atomic mass is 10.00. The highest BCUT2D eigenvalue weighted by Crippen LogP contribution is 2.25. The van der Waals surface area contributed by atoms with Crippen molar-refractivity contribution in [2.45, 2.75) is 20.3 Å². The van der Waals surface area contributed by atoms with E-state index in [2.05, 4.69) is 4.98 Å². The first kappa shape index (κ1) is 17.1. The summed E-state index contributed by atoms with van der Waals surface area (Å²) in [5, 5.41) is 19.8. The summed E-state index contributed by atoms with van der Waals surface area (Å²) >= 11 is 0. The Morgan fingerprint density at radius 2 is 1.92 bits per heavy atom. The molecule has 0 fully saturated rings. The molecule has 0 amide bonds. The van der Waals surface area contributed by atoms with Gasteiger partial charge in [0.15, 0.2) is 0 Å². The normalized spacial score (nSPS) is 11.6. The summed E-state index contributed by atoms with van der Waals surface area (Å²) < 4.78 is 5.52. The van der Waals surface area contributed by atoms with Gasteiger partial charge in [-0.1, -0.05) is 19.1 Å². The van der Waals surface area contributed by atoms with E-state index >= 15 is 0 Å². The number of pyridine rings is 1. The van der Waals surface area contributed by atoms with Crippen LogP contribution in [0.2, 0.25) is 0 Å². The van der Waals surface area contributed by atoms with Crippen LogP contribution in [-0.2, 0) is 4.79 Å². The zero-order valence-electron chi connectivity index (χ0n) is 13.2. The van der Waals surface area contributed by atoms with Crippen molar-refractivity contribution in [3.63, 3.8) is 0 Å². The van der Waals surface area contributed by atoms with E-state index in [1.165, 1.54) is 12.1 Å². The van der Waals surface area contributed by atoms with E-state index < -0.39 is 10.9 Å². The Bertz CT molecular complexity index is 780. The van der Waals surface area contributed by atoms with Gasteiger partial charge >= 0.3 is 5.97 Å². The fourth-order valence-electron chi connectivity index (χ4n) is 2.19. The summed E-state index contributed by atoms with van der Waals surface area (Å²) in [5.41, 5.74) is 1.74. The maximum absolute atomic E-state index is 11.2. The van der Waals surface area contributed by atoms with Crippen molar-refractivity contribution in [2.75, 3.05) is 0 Å². The molecular formula is C17H16N2O5. The van der Waals surface area contributed by atoms with Gasteiger partial charge in [-0.25, -0.2) is 9.78 Å². The molecule has 0 unspecified atom stereocenters. The lowest BCUT2D eigenvalue weighted by Gasteiger charge is -2.09. The number of hydrogen-bond acceptors (Lipinski definition) is 5. The first-order chi connectivity index (χ1) is 11.4. The third-order valence-corrected chi connectivity index (χ3v) is 3.51. The van der Waals surface area contributed by atoms with Crippen molar-refractivity contribution in [3.05, 3.63) is 63.8 Å². The lowest BCUT2D eigenvalue weighted by Crippen LogP contribution is -2.02. The van der Waals surface area contributed by atoms with Crippen molar-refractivity contribution < 1.29 is 19.6 Å². The maximum atomic E-state index is 11.2. The van der Waals surface area contributed by atoms with E-state index in [0.29, 0.717) is 23.3 Å². The average Bonchev–Trinajstić information content (AvgIpc) is 2.56. The maximum Gasteiger partial charge on any atom is 0.331 e. The molecule has 0 aliphatic heterocycles. The van der Waals surface area contributed by atoms with Gasteiger partial charge in [0.25, 0.3) is 5.69 Å². The smallest absolute Gasteiger partial charge is 0.331 e. The average molecular weight is 328 g/mol. The van der Waals surface area contributed by atoms with Crippen molar-refractivity contribution >= 4 is 17.2 Å². The van der Waals surface area contributed by atoms with Gasteiger partial charge in [0.2, 0.25) is 5.88 Å². The predicted molar refractivity (Wildman–Crippen MR) is 87.9 cm³/mol. The van der Waals surface area contributed by atoms with Crippen molar-refractivity contribution in [1.29, 1.82) is 0 Å². The molecule has 0 bridgehead atoms. The number of nitrogens with zero attached hydrogens (tertiary/aromatic N) is 2. The van der Waals surface area contributed by atoms with Crippen LogP contribution < -0.4 is 4.74 Å². The Morgan fingerprint density at radius 1 is 1.25 bits per heavy atom. The Balaban J connectivity index is 2.17. The Kier molecular flexibility index (Phi) is 5.26. The molecule has 0 saturated carbocycles. The van der Waals surface area contributed by atoms with Crippen LogP contribution in [0.5, 0.6) is 11.6 Å². The van der Waals surface area contributed by atoms with E-state index in [-0.39, 0.29) is 11.6 Å². The number of nitro groups is 1. The van der Waals surface area contributed by atoms with Gasteiger partial charge in [-0.15, -0.1) is 0 Å². The minimum Gasteiger partial charge on any atom is -0.478 e. The first-order valence-corrected chi connectivity index (χ1v) is 7.24. The lowest BCUT2D eigenvalue weighted by molar-refractivity contribution is -0.385. The monoisotopic (exact) mass is 328 g/mol. The standard InChI is InChI=1S/C17H16N2O5/c1-3-15(17(20)21)11(2)12-4-7-14(8-5-12)24-16-9-6-13(10-18-16)19(22)23/h4-10H,3H2,1-2H3,(H,20,21). The van der Waals surface area contributed by atoms with Gasteiger partial charge in [0.1, 0.15) is 11.9 Å². The molecule has 1 N–H and O–H groups in total. The molecule has 0 aliphatic carbocycles. The van der Waals surface area contributed by atoms with E-state index in [1.54, 1.807) is 38.1 Å². The molecule has 0 saturated heterocycles. The number of carbonyl (C=O) groups is 1. The van der Waals surface area contributed by atoms with Crippen LogP contribution in [0, 0.1) is 10.1 Å².